The highest BCUT2D eigenvalue weighted by molar-refractivity contribution is 5.77. The average molecular weight is 476 g/mol. The van der Waals surface area contributed by atoms with Crippen LogP contribution >= 0.6 is 0 Å². The van der Waals surface area contributed by atoms with E-state index in [4.69, 9.17) is 0 Å². The summed E-state index contributed by atoms with van der Waals surface area (Å²) in [6.07, 6.45) is 7.50. The van der Waals surface area contributed by atoms with E-state index >= 15 is 0 Å². The second-order valence-corrected chi connectivity index (χ2v) is 9.53. The molecule has 0 atom stereocenters. The number of aryl methyl sites for hydroxylation is 1. The van der Waals surface area contributed by atoms with Crippen molar-refractivity contribution in [1.82, 2.24) is 0 Å². The van der Waals surface area contributed by atoms with E-state index in [1.54, 1.807) is 0 Å². The molecule has 5 aromatic rings. The van der Waals surface area contributed by atoms with Crippen LogP contribution in [0.25, 0.3) is 33.4 Å². The molecule has 0 N–H and O–H groups in total. The summed E-state index contributed by atoms with van der Waals surface area (Å²) >= 11 is 0. The SMILES string of the molecule is Cc1ccc(-c2ccc(N(C3=CC=CC3)c3ccc(-c4cccc(-c5ccccc5)c4)cc3)cc2)cc1. The number of nitrogens with zero attached hydrogens (tertiary/aromatic N) is 1. The van der Waals surface area contributed by atoms with Gasteiger partial charge in [0.1, 0.15) is 0 Å². The van der Waals surface area contributed by atoms with Gasteiger partial charge in [0, 0.05) is 23.5 Å². The van der Waals surface area contributed by atoms with Gasteiger partial charge in [0.15, 0.2) is 0 Å². The third kappa shape index (κ3) is 4.90. The first-order chi connectivity index (χ1) is 18.2. The molecule has 0 radical (unpaired) electrons. The van der Waals surface area contributed by atoms with E-state index < -0.39 is 0 Å². The van der Waals surface area contributed by atoms with Gasteiger partial charge >= 0.3 is 0 Å². The summed E-state index contributed by atoms with van der Waals surface area (Å²) in [6.45, 7) is 2.12. The molecule has 0 aliphatic heterocycles. The van der Waals surface area contributed by atoms with Crippen molar-refractivity contribution in [2.45, 2.75) is 13.3 Å². The molecule has 1 aliphatic rings. The Morgan fingerprint density at radius 1 is 0.486 bits per heavy atom. The molecule has 0 saturated carbocycles. The van der Waals surface area contributed by atoms with Gasteiger partial charge in [-0.3, -0.25) is 0 Å². The standard InChI is InChI=1S/C36H29N/c1-27-14-16-29(17-15-27)30-18-22-35(23-19-30)37(34-12-5-6-13-34)36-24-20-31(21-25-36)33-11-7-10-32(26-33)28-8-3-2-4-9-28/h2-12,14-26H,13H2,1H3. The van der Waals surface area contributed by atoms with Crippen LogP contribution in [0.5, 0.6) is 0 Å². The minimum Gasteiger partial charge on any atom is -0.314 e. The highest BCUT2D eigenvalue weighted by atomic mass is 15.1. The average Bonchev–Trinajstić information content (AvgIpc) is 3.50. The Kier molecular flexibility index (Phi) is 6.27. The third-order valence-corrected chi connectivity index (χ3v) is 6.98. The van der Waals surface area contributed by atoms with Crippen molar-refractivity contribution in [3.8, 4) is 33.4 Å². The Bertz CT molecular complexity index is 1560. The first kappa shape index (κ1) is 22.8. The van der Waals surface area contributed by atoms with Crippen molar-refractivity contribution in [3.05, 3.63) is 157 Å². The van der Waals surface area contributed by atoms with Gasteiger partial charge in [-0.1, -0.05) is 115 Å². The van der Waals surface area contributed by atoms with Crippen LogP contribution in [-0.2, 0) is 0 Å². The van der Waals surface area contributed by atoms with Crippen LogP contribution < -0.4 is 4.90 Å². The summed E-state index contributed by atoms with van der Waals surface area (Å²) in [5.41, 5.74) is 12.3. The van der Waals surface area contributed by atoms with Crippen molar-refractivity contribution < 1.29 is 0 Å². The summed E-state index contributed by atoms with van der Waals surface area (Å²) in [6, 6.07) is 45.9. The van der Waals surface area contributed by atoms with Crippen LogP contribution in [0.2, 0.25) is 0 Å². The van der Waals surface area contributed by atoms with Gasteiger partial charge in [-0.25, -0.2) is 0 Å². The molecule has 1 aliphatic carbocycles. The minimum atomic E-state index is 0.931. The molecule has 37 heavy (non-hydrogen) atoms. The highest BCUT2D eigenvalue weighted by Gasteiger charge is 2.16. The van der Waals surface area contributed by atoms with Crippen LogP contribution in [0.1, 0.15) is 12.0 Å². The number of hydrogen-bond acceptors (Lipinski definition) is 1. The Hall–Kier alpha value is -4.62. The molecule has 0 bridgehead atoms. The first-order valence-electron chi connectivity index (χ1n) is 12.8. The molecular weight excluding hydrogens is 446 g/mol. The summed E-state index contributed by atoms with van der Waals surface area (Å²) in [7, 11) is 0. The Labute approximate surface area is 219 Å². The summed E-state index contributed by atoms with van der Waals surface area (Å²) < 4.78 is 0. The normalized spacial score (nSPS) is 12.4. The molecule has 0 aromatic heterocycles. The number of hydrogen-bond donors (Lipinski definition) is 0. The van der Waals surface area contributed by atoms with Gasteiger partial charge in [0.2, 0.25) is 0 Å². The quantitative estimate of drug-likeness (QED) is 0.236. The van der Waals surface area contributed by atoms with E-state index in [0.717, 1.165) is 6.42 Å². The van der Waals surface area contributed by atoms with Crippen LogP contribution in [0.15, 0.2) is 151 Å². The van der Waals surface area contributed by atoms with Crippen molar-refractivity contribution in [3.63, 3.8) is 0 Å². The second-order valence-electron chi connectivity index (χ2n) is 9.53. The molecular formula is C36H29N. The van der Waals surface area contributed by atoms with Crippen molar-refractivity contribution in [2.75, 3.05) is 4.90 Å². The first-order valence-corrected chi connectivity index (χ1v) is 12.8. The van der Waals surface area contributed by atoms with Crippen LogP contribution in [0.3, 0.4) is 0 Å². The van der Waals surface area contributed by atoms with E-state index in [-0.39, 0.29) is 0 Å². The number of anilines is 2. The molecule has 1 heteroatoms. The van der Waals surface area contributed by atoms with Gasteiger partial charge in [0.25, 0.3) is 0 Å². The van der Waals surface area contributed by atoms with E-state index in [0.29, 0.717) is 0 Å². The lowest BCUT2D eigenvalue weighted by Gasteiger charge is -2.27. The largest absolute Gasteiger partial charge is 0.314 e. The van der Waals surface area contributed by atoms with E-state index in [9.17, 15) is 0 Å². The van der Waals surface area contributed by atoms with Crippen molar-refractivity contribution in [1.29, 1.82) is 0 Å². The van der Waals surface area contributed by atoms with Gasteiger partial charge < -0.3 is 4.90 Å². The molecule has 0 fully saturated rings. The number of rotatable bonds is 6. The maximum atomic E-state index is 2.36. The highest BCUT2D eigenvalue weighted by Crippen LogP contribution is 2.36. The predicted molar refractivity (Wildman–Crippen MR) is 158 cm³/mol. The lowest BCUT2D eigenvalue weighted by molar-refractivity contribution is 1.10. The number of benzene rings is 5. The molecule has 0 spiro atoms. The minimum absolute atomic E-state index is 0.931. The maximum Gasteiger partial charge on any atom is 0.0458 e. The topological polar surface area (TPSA) is 3.24 Å². The lowest BCUT2D eigenvalue weighted by Crippen LogP contribution is -2.15. The van der Waals surface area contributed by atoms with Crippen LogP contribution in [-0.4, -0.2) is 0 Å². The van der Waals surface area contributed by atoms with E-state index in [2.05, 4.69) is 157 Å². The van der Waals surface area contributed by atoms with Gasteiger partial charge in [-0.05, 0) is 76.7 Å². The Morgan fingerprint density at radius 2 is 0.973 bits per heavy atom. The molecule has 0 heterocycles. The molecule has 6 rings (SSSR count). The smallest absolute Gasteiger partial charge is 0.0458 e. The molecule has 5 aromatic carbocycles. The predicted octanol–water partition coefficient (Wildman–Crippen LogP) is 9.98. The third-order valence-electron chi connectivity index (χ3n) is 6.98. The molecule has 178 valence electrons. The fourth-order valence-electron chi connectivity index (χ4n) is 4.94. The lowest BCUT2D eigenvalue weighted by atomic mass is 9.99. The summed E-state index contributed by atoms with van der Waals surface area (Å²) in [5, 5.41) is 0. The van der Waals surface area contributed by atoms with E-state index in [1.807, 2.05) is 0 Å². The molecule has 0 saturated heterocycles. The maximum absolute atomic E-state index is 2.36. The monoisotopic (exact) mass is 475 g/mol. The Balaban J connectivity index is 1.30. The summed E-state index contributed by atoms with van der Waals surface area (Å²) in [4.78, 5) is 2.36. The van der Waals surface area contributed by atoms with E-state index in [1.165, 1.54) is 56.0 Å². The molecule has 0 unspecified atom stereocenters. The summed E-state index contributed by atoms with van der Waals surface area (Å²) in [5.74, 6) is 0. The van der Waals surface area contributed by atoms with Crippen LogP contribution in [0, 0.1) is 6.92 Å². The molecule has 1 nitrogen and oxygen atoms in total. The zero-order valence-corrected chi connectivity index (χ0v) is 21.0. The van der Waals surface area contributed by atoms with Crippen molar-refractivity contribution in [2.24, 2.45) is 0 Å². The fraction of sp³-hybridized carbons (Fsp3) is 0.0556. The second kappa shape index (κ2) is 10.2. The Morgan fingerprint density at radius 3 is 1.51 bits per heavy atom. The van der Waals surface area contributed by atoms with Crippen LogP contribution in [0.4, 0.5) is 11.4 Å². The number of allylic oxidation sites excluding steroid dienone is 3. The zero-order chi connectivity index (χ0) is 25.0. The van der Waals surface area contributed by atoms with Gasteiger partial charge in [0.05, 0.1) is 0 Å². The van der Waals surface area contributed by atoms with Gasteiger partial charge in [-0.15, -0.1) is 0 Å². The zero-order valence-electron chi connectivity index (χ0n) is 21.0. The van der Waals surface area contributed by atoms with Gasteiger partial charge in [-0.2, -0.15) is 0 Å². The fourth-order valence-corrected chi connectivity index (χ4v) is 4.94. The van der Waals surface area contributed by atoms with Crippen molar-refractivity contribution >= 4 is 11.4 Å². The molecule has 0 amide bonds.